The number of hydrogen-bond donors (Lipinski definition) is 3. The molecule has 0 spiro atoms. The third kappa shape index (κ3) is 1.77. The molecule has 0 fully saturated rings. The van der Waals surface area contributed by atoms with Gasteiger partial charge in [0, 0.05) is 0 Å². The average Bonchev–Trinajstić information content (AvgIpc) is 2.75. The van der Waals surface area contributed by atoms with Crippen molar-refractivity contribution in [1.82, 2.24) is 19.6 Å². The minimum Gasteiger partial charge on any atom is -0.508 e. The van der Waals surface area contributed by atoms with Gasteiger partial charge in [0.05, 0.1) is 11.9 Å². The van der Waals surface area contributed by atoms with Gasteiger partial charge in [-0.1, -0.05) is 0 Å². The number of phenols is 1. The molecule has 0 saturated carbocycles. The Labute approximate surface area is 102 Å². The highest BCUT2D eigenvalue weighted by molar-refractivity contribution is 5.71. The number of phenolic OH excluding ortho intramolecular Hbond substituents is 1. The Morgan fingerprint density at radius 2 is 1.94 bits per heavy atom. The summed E-state index contributed by atoms with van der Waals surface area (Å²) in [6.45, 7) is 0. The topological polar surface area (TPSA) is 102 Å². The lowest BCUT2D eigenvalue weighted by atomic mass is 10.3. The first-order valence-electron chi connectivity index (χ1n) is 5.24. The van der Waals surface area contributed by atoms with E-state index in [0.29, 0.717) is 11.2 Å². The first-order valence-corrected chi connectivity index (χ1v) is 5.24. The quantitative estimate of drug-likeness (QED) is 0.579. The van der Waals surface area contributed by atoms with Gasteiger partial charge in [0.15, 0.2) is 5.65 Å². The normalized spacial score (nSPS) is 10.7. The second-order valence-electron chi connectivity index (χ2n) is 3.71. The molecule has 0 radical (unpaired) electrons. The van der Waals surface area contributed by atoms with Crippen molar-refractivity contribution < 1.29 is 5.11 Å². The Balaban J connectivity index is 1.99. The van der Waals surface area contributed by atoms with Crippen molar-refractivity contribution in [3.05, 3.63) is 36.8 Å². The summed E-state index contributed by atoms with van der Waals surface area (Å²) >= 11 is 0. The highest BCUT2D eigenvalue weighted by atomic mass is 16.3. The summed E-state index contributed by atoms with van der Waals surface area (Å²) in [7, 11) is 0. The number of anilines is 2. The molecule has 90 valence electrons. The van der Waals surface area contributed by atoms with E-state index in [1.807, 2.05) is 0 Å². The standard InChI is InChI=1S/C11H10N6O/c12-11-13-5-9-10(15-11)17(6-14-9)16-7-1-3-8(18)4-2-7/h1-6,16,18H,(H2,12,13,15). The van der Waals surface area contributed by atoms with Crippen LogP contribution in [0.3, 0.4) is 0 Å². The van der Waals surface area contributed by atoms with Crippen molar-refractivity contribution in [2.75, 3.05) is 11.2 Å². The molecule has 3 rings (SSSR count). The first kappa shape index (κ1) is 10.3. The van der Waals surface area contributed by atoms with Crippen LogP contribution in [0.5, 0.6) is 5.75 Å². The van der Waals surface area contributed by atoms with Crippen molar-refractivity contribution in [1.29, 1.82) is 0 Å². The van der Waals surface area contributed by atoms with Crippen molar-refractivity contribution in [3.8, 4) is 5.75 Å². The summed E-state index contributed by atoms with van der Waals surface area (Å²) in [6.07, 6.45) is 3.15. The zero-order valence-electron chi connectivity index (χ0n) is 9.28. The maximum absolute atomic E-state index is 9.21. The lowest BCUT2D eigenvalue weighted by molar-refractivity contribution is 0.475. The number of imidazole rings is 1. The number of nitrogens with two attached hydrogens (primary N) is 1. The highest BCUT2D eigenvalue weighted by Crippen LogP contribution is 2.16. The van der Waals surface area contributed by atoms with Crippen LogP contribution in [0.15, 0.2) is 36.8 Å². The fourth-order valence-electron chi connectivity index (χ4n) is 1.58. The number of rotatable bonds is 2. The molecule has 3 aromatic rings. The number of aromatic hydroxyl groups is 1. The van der Waals surface area contributed by atoms with Crippen LogP contribution in [-0.4, -0.2) is 24.7 Å². The van der Waals surface area contributed by atoms with E-state index in [2.05, 4.69) is 20.4 Å². The number of nitrogens with one attached hydrogen (secondary N) is 1. The Bertz CT molecular complexity index is 690. The Hall–Kier alpha value is -2.83. The van der Waals surface area contributed by atoms with E-state index < -0.39 is 0 Å². The van der Waals surface area contributed by atoms with E-state index >= 15 is 0 Å². The summed E-state index contributed by atoms with van der Waals surface area (Å²) in [4.78, 5) is 12.1. The van der Waals surface area contributed by atoms with Crippen LogP contribution in [-0.2, 0) is 0 Å². The lowest BCUT2D eigenvalue weighted by Gasteiger charge is -2.07. The Morgan fingerprint density at radius 1 is 1.17 bits per heavy atom. The number of benzene rings is 1. The van der Waals surface area contributed by atoms with Crippen molar-refractivity contribution >= 4 is 22.8 Å². The Morgan fingerprint density at radius 3 is 2.72 bits per heavy atom. The van der Waals surface area contributed by atoms with Crippen molar-refractivity contribution in [3.63, 3.8) is 0 Å². The van der Waals surface area contributed by atoms with E-state index in [4.69, 9.17) is 5.73 Å². The van der Waals surface area contributed by atoms with Crippen LogP contribution in [0.25, 0.3) is 11.2 Å². The largest absolute Gasteiger partial charge is 0.508 e. The van der Waals surface area contributed by atoms with Gasteiger partial charge in [0.2, 0.25) is 5.95 Å². The fraction of sp³-hybridized carbons (Fsp3) is 0. The fourth-order valence-corrected chi connectivity index (χ4v) is 1.58. The minimum atomic E-state index is 0.191. The molecule has 1 aromatic carbocycles. The second-order valence-corrected chi connectivity index (χ2v) is 3.71. The summed E-state index contributed by atoms with van der Waals surface area (Å²) < 4.78 is 1.64. The van der Waals surface area contributed by atoms with Crippen LogP contribution < -0.4 is 11.2 Å². The van der Waals surface area contributed by atoms with Crippen LogP contribution >= 0.6 is 0 Å². The van der Waals surface area contributed by atoms with E-state index in [1.54, 1.807) is 41.5 Å². The van der Waals surface area contributed by atoms with Crippen LogP contribution in [0.4, 0.5) is 11.6 Å². The van der Waals surface area contributed by atoms with E-state index in [1.165, 1.54) is 0 Å². The molecular weight excluding hydrogens is 232 g/mol. The van der Waals surface area contributed by atoms with Crippen molar-refractivity contribution in [2.24, 2.45) is 0 Å². The first-order chi connectivity index (χ1) is 8.72. The van der Waals surface area contributed by atoms with E-state index in [-0.39, 0.29) is 11.7 Å². The molecule has 0 aliphatic carbocycles. The summed E-state index contributed by atoms with van der Waals surface area (Å²) in [5.74, 6) is 0.402. The maximum atomic E-state index is 9.21. The molecule has 4 N–H and O–H groups in total. The van der Waals surface area contributed by atoms with Crippen LogP contribution in [0, 0.1) is 0 Å². The zero-order chi connectivity index (χ0) is 12.5. The molecule has 0 atom stereocenters. The molecular formula is C11H10N6O. The van der Waals surface area contributed by atoms with Gasteiger partial charge in [-0.3, -0.25) is 5.43 Å². The lowest BCUT2D eigenvalue weighted by Crippen LogP contribution is -2.08. The van der Waals surface area contributed by atoms with Gasteiger partial charge in [0.25, 0.3) is 0 Å². The minimum absolute atomic E-state index is 0.191. The average molecular weight is 242 g/mol. The van der Waals surface area contributed by atoms with Gasteiger partial charge in [-0.25, -0.2) is 14.6 Å². The smallest absolute Gasteiger partial charge is 0.222 e. The van der Waals surface area contributed by atoms with Gasteiger partial charge >= 0.3 is 0 Å². The third-order valence-electron chi connectivity index (χ3n) is 2.43. The molecule has 7 nitrogen and oxygen atoms in total. The van der Waals surface area contributed by atoms with Crippen LogP contribution in [0.1, 0.15) is 0 Å². The predicted octanol–water partition coefficient (Wildman–Crippen LogP) is 0.989. The molecule has 0 aliphatic heterocycles. The summed E-state index contributed by atoms with van der Waals surface area (Å²) in [6, 6.07) is 6.66. The number of nitrogen functional groups attached to an aromatic ring is 1. The number of fused-ring (bicyclic) bond motifs is 1. The molecule has 0 aliphatic rings. The molecule has 0 saturated heterocycles. The molecule has 2 heterocycles. The second kappa shape index (κ2) is 3.88. The Kier molecular flexibility index (Phi) is 2.23. The van der Waals surface area contributed by atoms with Gasteiger partial charge in [-0.05, 0) is 24.3 Å². The van der Waals surface area contributed by atoms with Gasteiger partial charge in [-0.15, -0.1) is 0 Å². The SMILES string of the molecule is Nc1ncc2ncn(Nc3ccc(O)cc3)c2n1. The molecule has 18 heavy (non-hydrogen) atoms. The van der Waals surface area contributed by atoms with Crippen LogP contribution in [0.2, 0.25) is 0 Å². The van der Waals surface area contributed by atoms with Gasteiger partial charge < -0.3 is 10.8 Å². The highest BCUT2D eigenvalue weighted by Gasteiger charge is 2.05. The number of aromatic nitrogens is 4. The van der Waals surface area contributed by atoms with E-state index in [0.717, 1.165) is 5.69 Å². The van der Waals surface area contributed by atoms with Gasteiger partial charge in [0.1, 0.15) is 17.6 Å². The summed E-state index contributed by atoms with van der Waals surface area (Å²) in [5, 5.41) is 9.21. The summed E-state index contributed by atoms with van der Waals surface area (Å²) in [5.41, 5.74) is 10.7. The molecule has 2 aromatic heterocycles. The number of nitrogens with zero attached hydrogens (tertiary/aromatic N) is 4. The monoisotopic (exact) mass is 242 g/mol. The number of hydrogen-bond acceptors (Lipinski definition) is 6. The zero-order valence-corrected chi connectivity index (χ0v) is 9.28. The van der Waals surface area contributed by atoms with Gasteiger partial charge in [-0.2, -0.15) is 4.98 Å². The third-order valence-corrected chi connectivity index (χ3v) is 2.43. The molecule has 0 bridgehead atoms. The molecule has 0 unspecified atom stereocenters. The maximum Gasteiger partial charge on any atom is 0.222 e. The predicted molar refractivity (Wildman–Crippen MR) is 66.9 cm³/mol. The molecule has 7 heteroatoms. The van der Waals surface area contributed by atoms with E-state index in [9.17, 15) is 5.11 Å². The molecule has 0 amide bonds. The van der Waals surface area contributed by atoms with Crippen molar-refractivity contribution in [2.45, 2.75) is 0 Å².